The maximum Gasteiger partial charge on any atom is 0.416 e. The third-order valence-electron chi connectivity index (χ3n) is 3.22. The van der Waals surface area contributed by atoms with Crippen LogP contribution in [0.4, 0.5) is 24.8 Å². The van der Waals surface area contributed by atoms with Gasteiger partial charge in [0.05, 0.1) is 25.1 Å². The summed E-state index contributed by atoms with van der Waals surface area (Å²) in [6.45, 7) is -0.0329. The number of ether oxygens (including phenoxy) is 1. The summed E-state index contributed by atoms with van der Waals surface area (Å²) in [5.41, 5.74) is -0.0611. The van der Waals surface area contributed by atoms with Gasteiger partial charge >= 0.3 is 6.18 Å². The molecule has 0 aliphatic heterocycles. The van der Waals surface area contributed by atoms with Crippen molar-refractivity contribution in [2.75, 3.05) is 31.4 Å². The molecule has 0 saturated heterocycles. The molecule has 0 saturated carbocycles. The van der Waals surface area contributed by atoms with E-state index in [2.05, 4.69) is 15.3 Å². The molecule has 0 atom stereocenters. The third-order valence-corrected chi connectivity index (χ3v) is 3.22. The van der Waals surface area contributed by atoms with Gasteiger partial charge in [0.1, 0.15) is 0 Å². The fraction of sp³-hybridized carbons (Fsp3) is 0.333. The maximum absolute atomic E-state index is 13.2. The molecular weight excluding hydrogens is 309 g/mol. The van der Waals surface area contributed by atoms with E-state index in [0.29, 0.717) is 11.4 Å². The van der Waals surface area contributed by atoms with E-state index in [0.717, 1.165) is 6.07 Å². The summed E-state index contributed by atoms with van der Waals surface area (Å²) in [5.74, 6) is 0.706. The van der Waals surface area contributed by atoms with E-state index in [1.807, 2.05) is 0 Å². The number of methoxy groups -OCH3 is 1. The van der Waals surface area contributed by atoms with Crippen LogP contribution in [0, 0.1) is 0 Å². The number of hydrogen-bond donors (Lipinski definition) is 1. The van der Waals surface area contributed by atoms with Gasteiger partial charge in [-0.25, -0.2) is 9.97 Å². The van der Waals surface area contributed by atoms with Crippen molar-refractivity contribution < 1.29 is 17.9 Å². The molecule has 124 valence electrons. The van der Waals surface area contributed by atoms with Gasteiger partial charge in [0.15, 0.2) is 5.75 Å². The molecule has 1 N–H and O–H groups in total. The summed E-state index contributed by atoms with van der Waals surface area (Å²) >= 11 is 0. The third kappa shape index (κ3) is 4.24. The minimum atomic E-state index is -4.43. The maximum atomic E-state index is 13.2. The summed E-state index contributed by atoms with van der Waals surface area (Å²) in [5, 5.41) is 2.78. The van der Waals surface area contributed by atoms with Crippen molar-refractivity contribution >= 4 is 11.6 Å². The lowest BCUT2D eigenvalue weighted by Crippen LogP contribution is -2.15. The van der Waals surface area contributed by atoms with Gasteiger partial charge in [-0.3, -0.25) is 0 Å². The molecule has 0 aliphatic rings. The number of rotatable bonds is 5. The largest absolute Gasteiger partial charge is 0.494 e. The zero-order chi connectivity index (χ0) is 17.0. The van der Waals surface area contributed by atoms with Crippen molar-refractivity contribution in [3.05, 3.63) is 41.7 Å². The van der Waals surface area contributed by atoms with Crippen LogP contribution in [0.25, 0.3) is 0 Å². The lowest BCUT2D eigenvalue weighted by Gasteiger charge is -2.18. The van der Waals surface area contributed by atoms with Crippen LogP contribution in [0.5, 0.6) is 5.75 Å². The van der Waals surface area contributed by atoms with E-state index in [-0.39, 0.29) is 18.1 Å². The Balaban J connectivity index is 2.21. The Bertz CT molecular complexity index is 657. The highest BCUT2D eigenvalue weighted by Gasteiger charge is 2.33. The van der Waals surface area contributed by atoms with Crippen LogP contribution in [0.15, 0.2) is 30.6 Å². The Kier molecular flexibility index (Phi) is 4.92. The highest BCUT2D eigenvalue weighted by atomic mass is 19.4. The number of aromatic nitrogens is 2. The molecule has 8 heteroatoms. The van der Waals surface area contributed by atoms with Crippen LogP contribution in [0.2, 0.25) is 0 Å². The number of anilines is 2. The van der Waals surface area contributed by atoms with Crippen LogP contribution in [-0.4, -0.2) is 31.2 Å². The molecule has 0 aliphatic carbocycles. The first kappa shape index (κ1) is 16.9. The van der Waals surface area contributed by atoms with Crippen LogP contribution in [0.3, 0.4) is 0 Å². The van der Waals surface area contributed by atoms with E-state index in [1.54, 1.807) is 25.1 Å². The molecular formula is C15H17F3N4O. The quantitative estimate of drug-likeness (QED) is 0.914. The molecule has 0 unspecified atom stereocenters. The van der Waals surface area contributed by atoms with Crippen molar-refractivity contribution in [1.82, 2.24) is 9.97 Å². The van der Waals surface area contributed by atoms with Gasteiger partial charge in [-0.1, -0.05) is 6.07 Å². The topological polar surface area (TPSA) is 50.3 Å². The van der Waals surface area contributed by atoms with Crippen molar-refractivity contribution in [2.24, 2.45) is 0 Å². The van der Waals surface area contributed by atoms with Crippen molar-refractivity contribution in [3.8, 4) is 5.75 Å². The average molecular weight is 326 g/mol. The highest BCUT2D eigenvalue weighted by molar-refractivity contribution is 5.51. The smallest absolute Gasteiger partial charge is 0.416 e. The second kappa shape index (κ2) is 6.72. The molecule has 2 aromatic rings. The SMILES string of the molecule is COc1cnc(NCc2ccc(N(C)C)cc2C(F)(F)F)nc1. The van der Waals surface area contributed by atoms with Crippen molar-refractivity contribution in [3.63, 3.8) is 0 Å². The zero-order valence-corrected chi connectivity index (χ0v) is 13.0. The summed E-state index contributed by atoms with van der Waals surface area (Å²) in [4.78, 5) is 9.56. The Morgan fingerprint density at radius 1 is 1.17 bits per heavy atom. The zero-order valence-electron chi connectivity index (χ0n) is 13.0. The van der Waals surface area contributed by atoms with Crippen LogP contribution in [-0.2, 0) is 12.7 Å². The fourth-order valence-electron chi connectivity index (χ4n) is 1.95. The van der Waals surface area contributed by atoms with E-state index < -0.39 is 11.7 Å². The molecule has 1 aromatic carbocycles. The second-order valence-corrected chi connectivity index (χ2v) is 5.03. The first-order valence-electron chi connectivity index (χ1n) is 6.78. The predicted molar refractivity (Wildman–Crippen MR) is 81.7 cm³/mol. The van der Waals surface area contributed by atoms with Gasteiger partial charge in [0.2, 0.25) is 5.95 Å². The molecule has 1 aromatic heterocycles. The first-order valence-corrected chi connectivity index (χ1v) is 6.78. The van der Waals surface area contributed by atoms with Gasteiger partial charge in [-0.05, 0) is 17.7 Å². The molecule has 0 radical (unpaired) electrons. The molecule has 2 rings (SSSR count). The Morgan fingerprint density at radius 3 is 2.35 bits per heavy atom. The highest BCUT2D eigenvalue weighted by Crippen LogP contribution is 2.34. The van der Waals surface area contributed by atoms with Gasteiger partial charge < -0.3 is 15.0 Å². The Labute approximate surface area is 132 Å². The number of nitrogens with zero attached hydrogens (tertiary/aromatic N) is 3. The van der Waals surface area contributed by atoms with Gasteiger partial charge in [-0.15, -0.1) is 0 Å². The Morgan fingerprint density at radius 2 is 1.83 bits per heavy atom. The Hall–Kier alpha value is -2.51. The lowest BCUT2D eigenvalue weighted by atomic mass is 10.1. The number of nitrogens with one attached hydrogen (secondary N) is 1. The predicted octanol–water partition coefficient (Wildman–Crippen LogP) is 3.18. The second-order valence-electron chi connectivity index (χ2n) is 5.03. The summed E-state index contributed by atoms with van der Waals surface area (Å²) in [6, 6.07) is 4.22. The van der Waals surface area contributed by atoms with E-state index >= 15 is 0 Å². The van der Waals surface area contributed by atoms with Gasteiger partial charge in [0, 0.05) is 26.3 Å². The van der Waals surface area contributed by atoms with Crippen LogP contribution in [0.1, 0.15) is 11.1 Å². The molecule has 0 bridgehead atoms. The standard InChI is InChI=1S/C15H17F3N4O/c1-22(2)11-5-4-10(13(6-11)15(16,17)18)7-19-14-20-8-12(23-3)9-21-14/h4-6,8-9H,7H2,1-3H3,(H,19,20,21). The van der Waals surface area contributed by atoms with Crippen molar-refractivity contribution in [1.29, 1.82) is 0 Å². The molecule has 1 heterocycles. The lowest BCUT2D eigenvalue weighted by molar-refractivity contribution is -0.138. The minimum Gasteiger partial charge on any atom is -0.494 e. The van der Waals surface area contributed by atoms with Crippen LogP contribution < -0.4 is 15.0 Å². The number of halogens is 3. The summed E-state index contributed by atoms with van der Waals surface area (Å²) in [6.07, 6.45) is -1.55. The molecule has 5 nitrogen and oxygen atoms in total. The molecule has 0 spiro atoms. The summed E-state index contributed by atoms with van der Waals surface area (Å²) < 4.78 is 44.6. The number of alkyl halides is 3. The van der Waals surface area contributed by atoms with E-state index in [4.69, 9.17) is 4.74 Å². The van der Waals surface area contributed by atoms with Gasteiger partial charge in [0.25, 0.3) is 0 Å². The van der Waals surface area contributed by atoms with E-state index in [1.165, 1.54) is 25.6 Å². The number of hydrogen-bond acceptors (Lipinski definition) is 5. The average Bonchev–Trinajstić information content (AvgIpc) is 2.52. The molecule has 23 heavy (non-hydrogen) atoms. The monoisotopic (exact) mass is 326 g/mol. The van der Waals surface area contributed by atoms with E-state index in [9.17, 15) is 13.2 Å². The molecule has 0 fully saturated rings. The fourth-order valence-corrected chi connectivity index (χ4v) is 1.95. The molecule has 0 amide bonds. The normalized spacial score (nSPS) is 11.2. The first-order chi connectivity index (χ1) is 10.8. The minimum absolute atomic E-state index is 0.0329. The van der Waals surface area contributed by atoms with Gasteiger partial charge in [-0.2, -0.15) is 13.2 Å². The number of benzene rings is 1. The van der Waals surface area contributed by atoms with Crippen molar-refractivity contribution in [2.45, 2.75) is 12.7 Å². The summed E-state index contributed by atoms with van der Waals surface area (Å²) in [7, 11) is 4.87. The van der Waals surface area contributed by atoms with Crippen LogP contribution >= 0.6 is 0 Å².